The van der Waals surface area contributed by atoms with Crippen molar-refractivity contribution in [3.63, 3.8) is 0 Å². The number of nitrogens with zero attached hydrogens (tertiary/aromatic N) is 1. The second-order valence-corrected chi connectivity index (χ2v) is 7.38. The molecule has 0 fully saturated rings. The van der Waals surface area contributed by atoms with Gasteiger partial charge in [-0.15, -0.1) is 0 Å². The van der Waals surface area contributed by atoms with Gasteiger partial charge in [-0.2, -0.15) is 0 Å². The molecule has 3 heteroatoms. The molecule has 0 saturated heterocycles. The van der Waals surface area contributed by atoms with Crippen molar-refractivity contribution in [2.24, 2.45) is 0 Å². The largest absolute Gasteiger partial charge is 0.264 e. The zero-order chi connectivity index (χ0) is 18.6. The second kappa shape index (κ2) is 8.28. The fourth-order valence-corrected chi connectivity index (χ4v) is 3.32. The summed E-state index contributed by atoms with van der Waals surface area (Å²) in [6.07, 6.45) is 0.509. The van der Waals surface area contributed by atoms with Crippen LogP contribution in [0.2, 0.25) is 0 Å². The Morgan fingerprint density at radius 3 is 1.32 bits per heavy atom. The van der Waals surface area contributed by atoms with E-state index in [0.29, 0.717) is 18.3 Å². The lowest BCUT2D eigenvalue weighted by Crippen LogP contribution is -2.27. The highest BCUT2D eigenvalue weighted by molar-refractivity contribution is 5.37. The van der Waals surface area contributed by atoms with Crippen molar-refractivity contribution in [2.45, 2.75) is 64.8 Å². The van der Waals surface area contributed by atoms with Gasteiger partial charge in [-0.3, -0.25) is 10.1 Å². The minimum absolute atomic E-state index is 0.128. The molecule has 0 aromatic heterocycles. The van der Waals surface area contributed by atoms with Crippen LogP contribution in [0.5, 0.6) is 0 Å². The Labute approximate surface area is 151 Å². The number of benzene rings is 2. The molecule has 2 aromatic rings. The summed E-state index contributed by atoms with van der Waals surface area (Å²) >= 11 is 0. The maximum Gasteiger partial charge on any atom is 0.223 e. The zero-order valence-corrected chi connectivity index (χ0v) is 15.9. The molecule has 3 nitrogen and oxygen atoms in total. The van der Waals surface area contributed by atoms with E-state index < -0.39 is 6.04 Å². The molecule has 0 radical (unpaired) electrons. The molecular formula is C22H29NO2. The smallest absolute Gasteiger partial charge is 0.223 e. The minimum Gasteiger partial charge on any atom is -0.264 e. The summed E-state index contributed by atoms with van der Waals surface area (Å²) in [5, 5.41) is 11.7. The van der Waals surface area contributed by atoms with E-state index in [-0.39, 0.29) is 10.8 Å². The van der Waals surface area contributed by atoms with Gasteiger partial charge in [0.05, 0.1) is 5.92 Å². The molecule has 2 aromatic carbocycles. The first-order valence-corrected chi connectivity index (χ1v) is 9.18. The monoisotopic (exact) mass is 339 g/mol. The summed E-state index contributed by atoms with van der Waals surface area (Å²) < 4.78 is 0. The van der Waals surface area contributed by atoms with Crippen LogP contribution >= 0.6 is 0 Å². The second-order valence-electron chi connectivity index (χ2n) is 7.38. The first-order chi connectivity index (χ1) is 11.8. The third-order valence-electron chi connectivity index (χ3n) is 5.00. The van der Waals surface area contributed by atoms with Gasteiger partial charge < -0.3 is 0 Å². The number of nitro groups is 1. The molecule has 0 amide bonds. The van der Waals surface area contributed by atoms with Crippen LogP contribution in [0.4, 0.5) is 0 Å². The molecule has 134 valence electrons. The van der Waals surface area contributed by atoms with E-state index in [1.807, 2.05) is 6.92 Å². The molecule has 0 aliphatic rings. The van der Waals surface area contributed by atoms with Gasteiger partial charge >= 0.3 is 0 Å². The van der Waals surface area contributed by atoms with Crippen LogP contribution in [0.15, 0.2) is 48.5 Å². The summed E-state index contributed by atoms with van der Waals surface area (Å²) in [6, 6.07) is 16.0. The highest BCUT2D eigenvalue weighted by Gasteiger charge is 2.32. The summed E-state index contributed by atoms with van der Waals surface area (Å²) in [7, 11) is 0. The number of rotatable bonds is 7. The Morgan fingerprint density at radius 2 is 1.08 bits per heavy atom. The lowest BCUT2D eigenvalue weighted by molar-refractivity contribution is -0.525. The normalized spacial score (nSPS) is 12.8. The minimum atomic E-state index is -0.616. The third-order valence-corrected chi connectivity index (χ3v) is 5.00. The molecule has 0 N–H and O–H groups in total. The molecule has 0 heterocycles. The Hall–Kier alpha value is -2.16. The van der Waals surface area contributed by atoms with Crippen molar-refractivity contribution in [1.29, 1.82) is 0 Å². The van der Waals surface area contributed by atoms with Crippen molar-refractivity contribution in [1.82, 2.24) is 0 Å². The van der Waals surface area contributed by atoms with Crippen LogP contribution in [-0.4, -0.2) is 11.0 Å². The number of hydrogen-bond donors (Lipinski definition) is 0. The molecule has 0 saturated carbocycles. The summed E-state index contributed by atoms with van der Waals surface area (Å²) in [5.74, 6) is 0.688. The SMILES string of the molecule is CCC(C(c1ccc(C(C)C)cc1)c1ccc(C(C)C)cc1)[N+](=O)[O-]. The fourth-order valence-electron chi connectivity index (χ4n) is 3.32. The van der Waals surface area contributed by atoms with E-state index in [1.54, 1.807) is 0 Å². The van der Waals surface area contributed by atoms with E-state index in [2.05, 4.69) is 76.2 Å². The van der Waals surface area contributed by atoms with Crippen molar-refractivity contribution in [2.75, 3.05) is 0 Å². The van der Waals surface area contributed by atoms with E-state index in [4.69, 9.17) is 0 Å². The van der Waals surface area contributed by atoms with Crippen molar-refractivity contribution in [3.8, 4) is 0 Å². The standard InChI is InChI=1S/C22H29NO2/c1-6-21(23(24)25)22(19-11-7-17(8-12-19)15(2)3)20-13-9-18(10-14-20)16(4)5/h7-16,21-22H,6H2,1-5H3. The van der Waals surface area contributed by atoms with E-state index in [1.165, 1.54) is 11.1 Å². The Morgan fingerprint density at radius 1 is 0.760 bits per heavy atom. The summed E-state index contributed by atoms with van der Waals surface area (Å²) in [4.78, 5) is 11.5. The van der Waals surface area contributed by atoms with Gasteiger partial charge in [0.1, 0.15) is 0 Å². The highest BCUT2D eigenvalue weighted by Crippen LogP contribution is 2.33. The van der Waals surface area contributed by atoms with E-state index in [9.17, 15) is 10.1 Å². The average molecular weight is 339 g/mol. The predicted molar refractivity (Wildman–Crippen MR) is 104 cm³/mol. The highest BCUT2D eigenvalue weighted by atomic mass is 16.6. The average Bonchev–Trinajstić information content (AvgIpc) is 2.59. The number of hydrogen-bond acceptors (Lipinski definition) is 2. The topological polar surface area (TPSA) is 43.1 Å². The van der Waals surface area contributed by atoms with Crippen molar-refractivity contribution >= 4 is 0 Å². The summed E-state index contributed by atoms with van der Waals surface area (Å²) in [6.45, 7) is 10.5. The first-order valence-electron chi connectivity index (χ1n) is 9.18. The Kier molecular flexibility index (Phi) is 6.35. The Balaban J connectivity index is 2.47. The zero-order valence-electron chi connectivity index (χ0n) is 15.9. The molecule has 1 atom stereocenters. The van der Waals surface area contributed by atoms with Gasteiger partial charge in [0.15, 0.2) is 0 Å². The van der Waals surface area contributed by atoms with E-state index >= 15 is 0 Å². The molecule has 0 aliphatic carbocycles. The van der Waals surface area contributed by atoms with Crippen LogP contribution in [0.1, 0.15) is 81.0 Å². The van der Waals surface area contributed by atoms with Gasteiger partial charge in [-0.25, -0.2) is 0 Å². The van der Waals surface area contributed by atoms with Crippen LogP contribution in [-0.2, 0) is 0 Å². The molecule has 0 spiro atoms. The van der Waals surface area contributed by atoms with Crippen LogP contribution in [0.25, 0.3) is 0 Å². The lowest BCUT2D eigenvalue weighted by atomic mass is 9.82. The Bertz CT molecular complexity index is 635. The van der Waals surface area contributed by atoms with Gasteiger partial charge in [-0.05, 0) is 34.1 Å². The van der Waals surface area contributed by atoms with E-state index in [0.717, 1.165) is 11.1 Å². The lowest BCUT2D eigenvalue weighted by Gasteiger charge is -2.22. The molecule has 25 heavy (non-hydrogen) atoms. The molecule has 0 bridgehead atoms. The van der Waals surface area contributed by atoms with Gasteiger partial charge in [-0.1, -0.05) is 83.1 Å². The molecule has 0 aliphatic heterocycles. The van der Waals surface area contributed by atoms with Crippen LogP contribution in [0.3, 0.4) is 0 Å². The molecular weight excluding hydrogens is 310 g/mol. The van der Waals surface area contributed by atoms with Crippen LogP contribution in [0, 0.1) is 10.1 Å². The van der Waals surface area contributed by atoms with Crippen molar-refractivity contribution < 1.29 is 4.92 Å². The van der Waals surface area contributed by atoms with Crippen LogP contribution < -0.4 is 0 Å². The molecule has 2 rings (SSSR count). The third kappa shape index (κ3) is 4.47. The maximum absolute atomic E-state index is 11.7. The predicted octanol–water partition coefficient (Wildman–Crippen LogP) is 6.12. The quantitative estimate of drug-likeness (QED) is 0.450. The van der Waals surface area contributed by atoms with Crippen molar-refractivity contribution in [3.05, 3.63) is 80.9 Å². The fraction of sp³-hybridized carbons (Fsp3) is 0.455. The van der Waals surface area contributed by atoms with Gasteiger partial charge in [0.25, 0.3) is 0 Å². The molecule has 1 unspecified atom stereocenters. The summed E-state index contributed by atoms with van der Waals surface area (Å²) in [5.41, 5.74) is 4.55. The first kappa shape index (κ1) is 19.2. The van der Waals surface area contributed by atoms with Gasteiger partial charge in [0, 0.05) is 11.3 Å². The maximum atomic E-state index is 11.7. The van der Waals surface area contributed by atoms with Gasteiger partial charge in [0.2, 0.25) is 6.04 Å².